The van der Waals surface area contributed by atoms with Crippen LogP contribution < -0.4 is 10.1 Å². The van der Waals surface area contributed by atoms with Gasteiger partial charge in [0.2, 0.25) is 5.95 Å². The number of hydrogen-bond acceptors (Lipinski definition) is 7. The Morgan fingerprint density at radius 2 is 1.81 bits per heavy atom. The number of aromatic amines is 1. The van der Waals surface area contributed by atoms with E-state index in [0.29, 0.717) is 43.6 Å². The molecule has 1 saturated heterocycles. The van der Waals surface area contributed by atoms with Crippen molar-refractivity contribution in [3.8, 4) is 17.1 Å². The summed E-state index contributed by atoms with van der Waals surface area (Å²) in [6, 6.07) is 13.4. The molecule has 0 spiro atoms. The molecule has 4 aromatic rings. The van der Waals surface area contributed by atoms with Gasteiger partial charge in [-0.1, -0.05) is 6.42 Å². The van der Waals surface area contributed by atoms with E-state index in [9.17, 15) is 4.79 Å². The van der Waals surface area contributed by atoms with E-state index in [1.54, 1.807) is 12.4 Å². The lowest BCUT2D eigenvalue weighted by Gasteiger charge is -2.26. The molecule has 2 fully saturated rings. The van der Waals surface area contributed by atoms with Crippen LogP contribution in [0.15, 0.2) is 54.9 Å². The highest BCUT2D eigenvalue weighted by atomic mass is 16.5. The molecule has 0 bridgehead atoms. The first-order valence-electron chi connectivity index (χ1n) is 12.9. The monoisotopic (exact) mass is 498 g/mol. The van der Waals surface area contributed by atoms with Crippen molar-refractivity contribution in [1.29, 1.82) is 0 Å². The molecule has 1 aliphatic carbocycles. The first-order chi connectivity index (χ1) is 18.2. The summed E-state index contributed by atoms with van der Waals surface area (Å²) >= 11 is 0. The van der Waals surface area contributed by atoms with Crippen LogP contribution in [0.1, 0.15) is 42.6 Å². The van der Waals surface area contributed by atoms with Crippen LogP contribution in [-0.2, 0) is 4.74 Å². The molecule has 2 N–H and O–H groups in total. The summed E-state index contributed by atoms with van der Waals surface area (Å²) in [5, 5.41) is 4.22. The van der Waals surface area contributed by atoms with Gasteiger partial charge in [0.1, 0.15) is 11.4 Å². The topological polar surface area (TPSA) is 105 Å². The molecule has 2 aliphatic rings. The van der Waals surface area contributed by atoms with Crippen LogP contribution in [0.3, 0.4) is 0 Å². The molecule has 6 rings (SSSR count). The Labute approximate surface area is 215 Å². The zero-order valence-electron chi connectivity index (χ0n) is 20.7. The third-order valence-corrected chi connectivity index (χ3v) is 6.91. The van der Waals surface area contributed by atoms with E-state index >= 15 is 0 Å². The Morgan fingerprint density at radius 1 is 0.973 bits per heavy atom. The molecule has 9 nitrogen and oxygen atoms in total. The average molecular weight is 499 g/mol. The number of anilines is 2. The van der Waals surface area contributed by atoms with Crippen LogP contribution in [0, 0.1) is 0 Å². The maximum Gasteiger partial charge on any atom is 0.270 e. The lowest BCUT2D eigenvalue weighted by molar-refractivity contribution is 0.0299. The van der Waals surface area contributed by atoms with Crippen molar-refractivity contribution in [3.63, 3.8) is 0 Å². The molecule has 3 aromatic heterocycles. The zero-order valence-corrected chi connectivity index (χ0v) is 20.7. The highest BCUT2D eigenvalue weighted by molar-refractivity contribution is 5.98. The third kappa shape index (κ3) is 5.41. The van der Waals surface area contributed by atoms with Gasteiger partial charge in [0.25, 0.3) is 5.91 Å². The number of pyridine rings is 1. The van der Waals surface area contributed by atoms with Crippen LogP contribution in [0.2, 0.25) is 0 Å². The molecule has 190 valence electrons. The summed E-state index contributed by atoms with van der Waals surface area (Å²) in [7, 11) is 0. The van der Waals surface area contributed by atoms with Gasteiger partial charge in [0.05, 0.1) is 30.7 Å². The van der Waals surface area contributed by atoms with Crippen LogP contribution in [0.25, 0.3) is 22.3 Å². The predicted octanol–water partition coefficient (Wildman–Crippen LogP) is 4.95. The highest BCUT2D eigenvalue weighted by Gasteiger charge is 2.20. The molecule has 9 heteroatoms. The fourth-order valence-corrected chi connectivity index (χ4v) is 4.95. The molecule has 0 unspecified atom stereocenters. The van der Waals surface area contributed by atoms with E-state index < -0.39 is 0 Å². The van der Waals surface area contributed by atoms with E-state index in [1.807, 2.05) is 47.4 Å². The summed E-state index contributed by atoms with van der Waals surface area (Å²) in [6.07, 6.45) is 9.71. The minimum absolute atomic E-state index is 0.00718. The van der Waals surface area contributed by atoms with Crippen molar-refractivity contribution >= 4 is 28.4 Å². The first-order valence-corrected chi connectivity index (χ1v) is 12.9. The number of nitrogens with one attached hydrogen (secondary N) is 2. The van der Waals surface area contributed by atoms with E-state index in [0.717, 1.165) is 40.9 Å². The van der Waals surface area contributed by atoms with Crippen molar-refractivity contribution in [3.05, 3.63) is 60.6 Å². The summed E-state index contributed by atoms with van der Waals surface area (Å²) in [6.45, 7) is 2.37. The Morgan fingerprint density at radius 3 is 2.68 bits per heavy atom. The van der Waals surface area contributed by atoms with Gasteiger partial charge in [0, 0.05) is 48.1 Å². The van der Waals surface area contributed by atoms with Gasteiger partial charge in [-0.2, -0.15) is 0 Å². The number of rotatable bonds is 6. The number of nitrogens with zero attached hydrogens (tertiary/aromatic N) is 4. The van der Waals surface area contributed by atoms with Crippen LogP contribution in [0.4, 0.5) is 11.6 Å². The Hall–Kier alpha value is -3.98. The van der Waals surface area contributed by atoms with Gasteiger partial charge >= 0.3 is 0 Å². The van der Waals surface area contributed by atoms with Crippen molar-refractivity contribution < 1.29 is 14.3 Å². The van der Waals surface area contributed by atoms with Gasteiger partial charge in [-0.25, -0.2) is 9.97 Å². The molecular formula is C28H30N6O3. The summed E-state index contributed by atoms with van der Waals surface area (Å²) in [5.74, 6) is 1.29. The number of aromatic nitrogens is 4. The predicted molar refractivity (Wildman–Crippen MR) is 141 cm³/mol. The quantitative estimate of drug-likeness (QED) is 0.388. The second-order valence-corrected chi connectivity index (χ2v) is 9.53. The largest absolute Gasteiger partial charge is 0.490 e. The van der Waals surface area contributed by atoms with E-state index in [1.165, 1.54) is 19.3 Å². The van der Waals surface area contributed by atoms with Crippen molar-refractivity contribution in [2.75, 3.05) is 31.6 Å². The molecule has 0 radical (unpaired) electrons. The van der Waals surface area contributed by atoms with Gasteiger partial charge in [-0.05, 0) is 62.1 Å². The van der Waals surface area contributed by atoms with E-state index in [-0.39, 0.29) is 12.0 Å². The number of carbonyl (C=O) groups excluding carboxylic acids is 1. The third-order valence-electron chi connectivity index (χ3n) is 6.91. The van der Waals surface area contributed by atoms with Crippen molar-refractivity contribution in [2.24, 2.45) is 0 Å². The molecule has 1 amide bonds. The SMILES string of the molecule is O=C(c1cc2cc(Nc3nccc(-c4cc(OC5CCCCC5)ccn4)n3)ccc2[nH]1)N1CCOCC1. The molecule has 1 aliphatic heterocycles. The Bertz CT molecular complexity index is 1390. The van der Waals surface area contributed by atoms with E-state index in [4.69, 9.17) is 9.47 Å². The zero-order chi connectivity index (χ0) is 25.0. The highest BCUT2D eigenvalue weighted by Crippen LogP contribution is 2.27. The fourth-order valence-electron chi connectivity index (χ4n) is 4.95. The molecule has 1 aromatic carbocycles. The molecule has 37 heavy (non-hydrogen) atoms. The second-order valence-electron chi connectivity index (χ2n) is 9.53. The van der Waals surface area contributed by atoms with Gasteiger partial charge in [-0.3, -0.25) is 9.78 Å². The normalized spacial score (nSPS) is 16.6. The lowest BCUT2D eigenvalue weighted by atomic mass is 9.98. The van der Waals surface area contributed by atoms with Gasteiger partial charge in [-0.15, -0.1) is 0 Å². The van der Waals surface area contributed by atoms with Gasteiger partial charge < -0.3 is 24.7 Å². The van der Waals surface area contributed by atoms with Crippen molar-refractivity contribution in [1.82, 2.24) is 24.8 Å². The van der Waals surface area contributed by atoms with Crippen LogP contribution >= 0.6 is 0 Å². The number of morpholine rings is 1. The minimum atomic E-state index is -0.00718. The molecule has 4 heterocycles. The molecule has 0 atom stereocenters. The number of fused-ring (bicyclic) bond motifs is 1. The molecular weight excluding hydrogens is 468 g/mol. The summed E-state index contributed by atoms with van der Waals surface area (Å²) < 4.78 is 11.6. The maximum absolute atomic E-state index is 12.8. The number of H-pyrrole nitrogens is 1. The van der Waals surface area contributed by atoms with Crippen molar-refractivity contribution in [2.45, 2.75) is 38.2 Å². The summed E-state index contributed by atoms with van der Waals surface area (Å²) in [4.78, 5) is 31.5. The smallest absolute Gasteiger partial charge is 0.270 e. The fraction of sp³-hybridized carbons (Fsp3) is 0.357. The number of benzene rings is 1. The summed E-state index contributed by atoms with van der Waals surface area (Å²) in [5.41, 5.74) is 3.76. The number of hydrogen-bond donors (Lipinski definition) is 2. The number of carbonyl (C=O) groups is 1. The lowest BCUT2D eigenvalue weighted by Crippen LogP contribution is -2.40. The first kappa shape index (κ1) is 23.4. The number of amides is 1. The average Bonchev–Trinajstić information content (AvgIpc) is 3.38. The standard InChI is InChI=1S/C28H30N6O3/c35-27(34-12-14-36-15-13-34)26-17-19-16-20(6-7-23(19)32-26)31-28-30-11-9-24(33-28)25-18-22(8-10-29-25)37-21-4-2-1-3-5-21/h6-11,16-18,21,32H,1-5,12-15H2,(H,30,31,33). The minimum Gasteiger partial charge on any atom is -0.490 e. The van der Waals surface area contributed by atoms with Gasteiger partial charge in [0.15, 0.2) is 0 Å². The van der Waals surface area contributed by atoms with Crippen LogP contribution in [-0.4, -0.2) is 63.2 Å². The Kier molecular flexibility index (Phi) is 6.68. The maximum atomic E-state index is 12.8. The number of ether oxygens (including phenoxy) is 2. The Balaban J connectivity index is 1.17. The molecule has 1 saturated carbocycles. The van der Waals surface area contributed by atoms with E-state index in [2.05, 4.69) is 25.3 Å². The van der Waals surface area contributed by atoms with Crippen LogP contribution in [0.5, 0.6) is 5.75 Å². The second kappa shape index (κ2) is 10.6.